The molecule has 0 aliphatic carbocycles. The molecule has 1 aromatic rings. The van der Waals surface area contributed by atoms with E-state index < -0.39 is 0 Å². The molecule has 2 heterocycles. The molecule has 0 atom stereocenters. The molecule has 12 heavy (non-hydrogen) atoms. The second kappa shape index (κ2) is 2.75. The molecule has 1 N–H and O–H groups in total. The summed E-state index contributed by atoms with van der Waals surface area (Å²) in [6.07, 6.45) is 0. The molecule has 2 rings (SSSR count). The SMILES string of the molecule is Cc1ccc(C(=O)C2CNC2)o1. The summed E-state index contributed by atoms with van der Waals surface area (Å²) in [5, 5.41) is 3.06. The minimum Gasteiger partial charge on any atom is -0.458 e. The van der Waals surface area contributed by atoms with Crippen molar-refractivity contribution >= 4 is 5.78 Å². The Balaban J connectivity index is 2.13. The zero-order valence-corrected chi connectivity index (χ0v) is 6.96. The van der Waals surface area contributed by atoms with Crippen LogP contribution in [0.25, 0.3) is 0 Å². The zero-order valence-electron chi connectivity index (χ0n) is 6.96. The van der Waals surface area contributed by atoms with E-state index in [2.05, 4.69) is 5.32 Å². The van der Waals surface area contributed by atoms with Crippen molar-refractivity contribution < 1.29 is 9.21 Å². The quantitative estimate of drug-likeness (QED) is 0.664. The number of aryl methyl sites for hydroxylation is 1. The van der Waals surface area contributed by atoms with Gasteiger partial charge in [-0.05, 0) is 19.1 Å². The molecular formula is C9H11NO2. The molecule has 1 aliphatic heterocycles. The van der Waals surface area contributed by atoms with Gasteiger partial charge in [-0.2, -0.15) is 0 Å². The smallest absolute Gasteiger partial charge is 0.203 e. The van der Waals surface area contributed by atoms with Gasteiger partial charge in [-0.1, -0.05) is 0 Å². The number of ketones is 1. The summed E-state index contributed by atoms with van der Waals surface area (Å²) in [4.78, 5) is 11.5. The Kier molecular flexibility index (Phi) is 1.73. The molecule has 1 fully saturated rings. The predicted molar refractivity (Wildman–Crippen MR) is 44.1 cm³/mol. The van der Waals surface area contributed by atoms with E-state index in [9.17, 15) is 4.79 Å². The molecule has 0 saturated carbocycles. The number of furan rings is 1. The number of hydrogen-bond donors (Lipinski definition) is 1. The van der Waals surface area contributed by atoms with Crippen LogP contribution >= 0.6 is 0 Å². The molecule has 1 saturated heterocycles. The lowest BCUT2D eigenvalue weighted by molar-refractivity contribution is 0.0847. The summed E-state index contributed by atoms with van der Waals surface area (Å²) in [5.74, 6) is 1.56. The normalized spacial score (nSPS) is 17.4. The predicted octanol–water partition coefficient (Wildman–Crippen LogP) is 0.990. The maximum Gasteiger partial charge on any atom is 0.203 e. The Labute approximate surface area is 70.8 Å². The third-order valence-electron chi connectivity index (χ3n) is 2.14. The van der Waals surface area contributed by atoms with Gasteiger partial charge in [-0.25, -0.2) is 0 Å². The topological polar surface area (TPSA) is 42.2 Å². The molecule has 1 aromatic heterocycles. The first kappa shape index (κ1) is 7.55. The lowest BCUT2D eigenvalue weighted by Gasteiger charge is -2.24. The molecule has 1 aliphatic rings. The largest absolute Gasteiger partial charge is 0.458 e. The van der Waals surface area contributed by atoms with Crippen LogP contribution in [0, 0.1) is 12.8 Å². The summed E-state index contributed by atoms with van der Waals surface area (Å²) in [7, 11) is 0. The van der Waals surface area contributed by atoms with Crippen LogP contribution in [-0.4, -0.2) is 18.9 Å². The van der Waals surface area contributed by atoms with Crippen LogP contribution in [0.15, 0.2) is 16.5 Å². The highest BCUT2D eigenvalue weighted by Crippen LogP contribution is 2.14. The minimum absolute atomic E-state index is 0.127. The Morgan fingerprint density at radius 3 is 2.75 bits per heavy atom. The lowest BCUT2D eigenvalue weighted by Crippen LogP contribution is -2.46. The van der Waals surface area contributed by atoms with Crippen molar-refractivity contribution in [3.8, 4) is 0 Å². The van der Waals surface area contributed by atoms with Crippen molar-refractivity contribution in [2.24, 2.45) is 5.92 Å². The van der Waals surface area contributed by atoms with E-state index in [4.69, 9.17) is 4.42 Å². The van der Waals surface area contributed by atoms with Crippen molar-refractivity contribution in [3.63, 3.8) is 0 Å². The Morgan fingerprint density at radius 1 is 1.58 bits per heavy atom. The third-order valence-corrected chi connectivity index (χ3v) is 2.14. The number of Topliss-reactive ketones (excluding diaryl/α,β-unsaturated/α-hetero) is 1. The van der Waals surface area contributed by atoms with E-state index in [0.717, 1.165) is 18.8 Å². The van der Waals surface area contributed by atoms with E-state index in [-0.39, 0.29) is 11.7 Å². The highest BCUT2D eigenvalue weighted by Gasteiger charge is 2.27. The molecule has 0 bridgehead atoms. The van der Waals surface area contributed by atoms with E-state index in [1.54, 1.807) is 6.07 Å². The average Bonchev–Trinajstić information content (AvgIpc) is 2.31. The van der Waals surface area contributed by atoms with Gasteiger partial charge in [-0.3, -0.25) is 4.79 Å². The first-order chi connectivity index (χ1) is 5.77. The number of carbonyl (C=O) groups excluding carboxylic acids is 1. The molecule has 3 heteroatoms. The number of nitrogens with one attached hydrogen (secondary N) is 1. The molecule has 0 radical (unpaired) electrons. The summed E-state index contributed by atoms with van der Waals surface area (Å²) >= 11 is 0. The van der Waals surface area contributed by atoms with Crippen molar-refractivity contribution in [1.82, 2.24) is 5.32 Å². The maximum atomic E-state index is 11.5. The molecule has 0 spiro atoms. The van der Waals surface area contributed by atoms with Gasteiger partial charge in [0.15, 0.2) is 5.76 Å². The first-order valence-corrected chi connectivity index (χ1v) is 4.09. The van der Waals surface area contributed by atoms with Crippen molar-refractivity contribution in [1.29, 1.82) is 0 Å². The highest BCUT2D eigenvalue weighted by molar-refractivity contribution is 5.96. The minimum atomic E-state index is 0.127. The fourth-order valence-corrected chi connectivity index (χ4v) is 1.24. The number of hydrogen-bond acceptors (Lipinski definition) is 3. The molecular weight excluding hydrogens is 154 g/mol. The van der Waals surface area contributed by atoms with Gasteiger partial charge in [0, 0.05) is 13.1 Å². The second-order valence-electron chi connectivity index (χ2n) is 3.13. The van der Waals surface area contributed by atoms with Gasteiger partial charge >= 0.3 is 0 Å². The Morgan fingerprint density at radius 2 is 2.33 bits per heavy atom. The Bertz CT molecular complexity index is 299. The molecule has 3 nitrogen and oxygen atoms in total. The fourth-order valence-electron chi connectivity index (χ4n) is 1.24. The van der Waals surface area contributed by atoms with Crippen LogP contribution in [0.4, 0.5) is 0 Å². The molecule has 0 amide bonds. The van der Waals surface area contributed by atoms with Gasteiger partial charge < -0.3 is 9.73 Å². The standard InChI is InChI=1S/C9H11NO2/c1-6-2-3-8(12-6)9(11)7-4-10-5-7/h2-3,7,10H,4-5H2,1H3. The number of rotatable bonds is 2. The Hall–Kier alpha value is -1.09. The van der Waals surface area contributed by atoms with Crippen LogP contribution in [0.1, 0.15) is 16.3 Å². The van der Waals surface area contributed by atoms with Crippen LogP contribution in [0.2, 0.25) is 0 Å². The third kappa shape index (κ3) is 1.16. The fraction of sp³-hybridized carbons (Fsp3) is 0.444. The van der Waals surface area contributed by atoms with Crippen LogP contribution in [0.3, 0.4) is 0 Å². The van der Waals surface area contributed by atoms with E-state index in [1.807, 2.05) is 13.0 Å². The van der Waals surface area contributed by atoms with Gasteiger partial charge in [0.25, 0.3) is 0 Å². The maximum absolute atomic E-state index is 11.5. The van der Waals surface area contributed by atoms with Gasteiger partial charge in [0.1, 0.15) is 5.76 Å². The van der Waals surface area contributed by atoms with Gasteiger partial charge in [0.2, 0.25) is 5.78 Å². The summed E-state index contributed by atoms with van der Waals surface area (Å²) in [6.45, 7) is 3.42. The summed E-state index contributed by atoms with van der Waals surface area (Å²) in [6, 6.07) is 3.56. The second-order valence-corrected chi connectivity index (χ2v) is 3.13. The van der Waals surface area contributed by atoms with Crippen molar-refractivity contribution in [3.05, 3.63) is 23.7 Å². The molecule has 64 valence electrons. The van der Waals surface area contributed by atoms with E-state index in [0.29, 0.717) is 5.76 Å². The first-order valence-electron chi connectivity index (χ1n) is 4.09. The van der Waals surface area contributed by atoms with Crippen molar-refractivity contribution in [2.45, 2.75) is 6.92 Å². The summed E-state index contributed by atoms with van der Waals surface area (Å²) in [5.41, 5.74) is 0. The highest BCUT2D eigenvalue weighted by atomic mass is 16.3. The average molecular weight is 165 g/mol. The van der Waals surface area contributed by atoms with E-state index >= 15 is 0 Å². The number of carbonyl (C=O) groups is 1. The van der Waals surface area contributed by atoms with Crippen LogP contribution in [-0.2, 0) is 0 Å². The van der Waals surface area contributed by atoms with Gasteiger partial charge in [0.05, 0.1) is 5.92 Å². The lowest BCUT2D eigenvalue weighted by atomic mass is 9.97. The monoisotopic (exact) mass is 165 g/mol. The molecule has 0 unspecified atom stereocenters. The van der Waals surface area contributed by atoms with Crippen molar-refractivity contribution in [2.75, 3.05) is 13.1 Å². The summed E-state index contributed by atoms with van der Waals surface area (Å²) < 4.78 is 5.22. The molecule has 0 aromatic carbocycles. The van der Waals surface area contributed by atoms with Crippen LogP contribution in [0.5, 0.6) is 0 Å². The van der Waals surface area contributed by atoms with Gasteiger partial charge in [-0.15, -0.1) is 0 Å². The van der Waals surface area contributed by atoms with E-state index in [1.165, 1.54) is 0 Å². The zero-order chi connectivity index (χ0) is 8.55. The van der Waals surface area contributed by atoms with Crippen LogP contribution < -0.4 is 5.32 Å².